The van der Waals surface area contributed by atoms with Crippen molar-refractivity contribution < 1.29 is 36.5 Å². The molecule has 2 aliphatic heterocycles. The monoisotopic (exact) mass is 657 g/mol. The quantitative estimate of drug-likeness (QED) is 0.186. The Labute approximate surface area is 263 Å². The molecule has 0 saturated carbocycles. The second-order valence-corrected chi connectivity index (χ2v) is 11.8. The number of ether oxygens (including phenoxy) is 4. The number of fused-ring (bicyclic) bond motifs is 1. The number of thioether (sulfide) groups is 1. The molecule has 45 heavy (non-hydrogen) atoms. The highest BCUT2D eigenvalue weighted by Gasteiger charge is 2.52. The van der Waals surface area contributed by atoms with Crippen LogP contribution in [0, 0.1) is 17.5 Å². The largest absolute Gasteiger partial charge is 0.443 e. The molecule has 5 aromatic rings. The zero-order valence-electron chi connectivity index (χ0n) is 23.3. The van der Waals surface area contributed by atoms with Gasteiger partial charge in [0.25, 0.3) is 0 Å². The third-order valence-corrected chi connectivity index (χ3v) is 8.83. The molecule has 10 nitrogen and oxygen atoms in total. The van der Waals surface area contributed by atoms with Crippen LogP contribution in [0.5, 0.6) is 0 Å². The number of hydrogen-bond acceptors (Lipinski definition) is 10. The zero-order valence-corrected chi connectivity index (χ0v) is 24.9. The average Bonchev–Trinajstić information content (AvgIpc) is 3.76. The summed E-state index contributed by atoms with van der Waals surface area (Å²) in [5, 5.41) is 8.84. The lowest BCUT2D eigenvalue weighted by atomic mass is 9.95. The van der Waals surface area contributed by atoms with Gasteiger partial charge in [-0.05, 0) is 18.2 Å². The van der Waals surface area contributed by atoms with Crippen LogP contribution in [0.25, 0.3) is 22.8 Å². The summed E-state index contributed by atoms with van der Waals surface area (Å²) in [5.74, 6) is -3.96. The summed E-state index contributed by atoms with van der Waals surface area (Å²) in [6.45, 7) is 0.171. The fourth-order valence-electron chi connectivity index (χ4n) is 5.39. The van der Waals surface area contributed by atoms with Crippen LogP contribution in [0.15, 0.2) is 82.7 Å². The van der Waals surface area contributed by atoms with Crippen molar-refractivity contribution in [2.24, 2.45) is 0 Å². The van der Waals surface area contributed by atoms with Gasteiger partial charge in [0.05, 0.1) is 24.0 Å². The van der Waals surface area contributed by atoms with Crippen molar-refractivity contribution in [3.63, 3.8) is 0 Å². The van der Waals surface area contributed by atoms with Crippen LogP contribution in [0.1, 0.15) is 17.9 Å². The first-order chi connectivity index (χ1) is 21.9. The highest BCUT2D eigenvalue weighted by atomic mass is 35.5. The maximum atomic E-state index is 14.1. The Morgan fingerprint density at radius 3 is 2.58 bits per heavy atom. The third-order valence-electron chi connectivity index (χ3n) is 7.45. The molecule has 0 N–H and O–H groups in total. The second-order valence-electron chi connectivity index (χ2n) is 10.2. The Hall–Kier alpha value is -3.79. The Morgan fingerprint density at radius 1 is 1.04 bits per heavy atom. The summed E-state index contributed by atoms with van der Waals surface area (Å²) in [7, 11) is 1.52. The Morgan fingerprint density at radius 2 is 1.84 bits per heavy atom. The first-order valence-corrected chi connectivity index (χ1v) is 14.9. The SMILES string of the molecule is COC1C(Sc2cc(Cl)cnc2-c2ncco2)OC2COC(c3ccccc3)OC2C1n1cc(-c2cc(F)c(F)c(F)c2)nn1. The second kappa shape index (κ2) is 12.5. The summed E-state index contributed by atoms with van der Waals surface area (Å²) in [4.78, 5) is 9.27. The molecule has 5 heterocycles. The van der Waals surface area contributed by atoms with Crippen LogP contribution in [0.2, 0.25) is 5.02 Å². The molecule has 2 fully saturated rings. The third kappa shape index (κ3) is 5.85. The van der Waals surface area contributed by atoms with Crippen LogP contribution in [0.3, 0.4) is 0 Å². The van der Waals surface area contributed by atoms with Crippen LogP contribution >= 0.6 is 23.4 Å². The number of pyridine rings is 1. The minimum atomic E-state index is -1.57. The van der Waals surface area contributed by atoms with Gasteiger partial charge in [-0.2, -0.15) is 0 Å². The molecule has 0 spiro atoms. The molecule has 0 aliphatic carbocycles. The molecule has 6 atom stereocenters. The van der Waals surface area contributed by atoms with Gasteiger partial charge in [-0.15, -0.1) is 5.10 Å². The fraction of sp³-hybridized carbons (Fsp3) is 0.267. The maximum absolute atomic E-state index is 14.1. The summed E-state index contributed by atoms with van der Waals surface area (Å²) in [5.41, 5.74) is 0.695. The normalized spacial score (nSPS) is 24.8. The molecule has 2 aliphatic rings. The molecule has 15 heteroatoms. The van der Waals surface area contributed by atoms with Gasteiger partial charge in [-0.1, -0.05) is 58.9 Å². The number of oxazole rings is 1. The van der Waals surface area contributed by atoms with Crippen molar-refractivity contribution in [1.82, 2.24) is 25.0 Å². The van der Waals surface area contributed by atoms with E-state index in [0.717, 1.165) is 17.7 Å². The number of benzene rings is 2. The number of aromatic nitrogens is 5. The molecule has 7 rings (SSSR count). The summed E-state index contributed by atoms with van der Waals surface area (Å²) in [6.07, 6.45) is 3.26. The lowest BCUT2D eigenvalue weighted by Crippen LogP contribution is -2.59. The number of nitrogens with zero attached hydrogens (tertiary/aromatic N) is 5. The Kier molecular flexibility index (Phi) is 8.33. The molecule has 3 aromatic heterocycles. The number of halogens is 4. The molecule has 0 radical (unpaired) electrons. The van der Waals surface area contributed by atoms with Crippen molar-refractivity contribution in [2.75, 3.05) is 13.7 Å². The van der Waals surface area contributed by atoms with Crippen molar-refractivity contribution in [3.8, 4) is 22.8 Å². The van der Waals surface area contributed by atoms with E-state index in [-0.39, 0.29) is 17.9 Å². The standard InChI is InChI=1S/C30H23ClF3N5O5S/c1-40-27-25(39-13-20(37-38-39)16-9-18(32)23(34)19(33)10-16)26-21(14-42-29(44-26)15-5-3-2-4-6-15)43-30(27)45-22-11-17(31)12-36-24(22)28-35-7-8-41-28/h2-13,21,25-27,29-30H,14H2,1H3. The van der Waals surface area contributed by atoms with E-state index in [4.69, 9.17) is 35.0 Å². The number of rotatable bonds is 7. The lowest BCUT2D eigenvalue weighted by Gasteiger charge is -2.48. The summed E-state index contributed by atoms with van der Waals surface area (Å²) < 4.78 is 74.0. The molecular weight excluding hydrogens is 635 g/mol. The van der Waals surface area contributed by atoms with E-state index in [1.807, 2.05) is 30.3 Å². The van der Waals surface area contributed by atoms with Gasteiger partial charge in [0, 0.05) is 29.3 Å². The van der Waals surface area contributed by atoms with Crippen molar-refractivity contribution >= 4 is 23.4 Å². The van der Waals surface area contributed by atoms with Crippen LogP contribution in [0.4, 0.5) is 13.2 Å². The van der Waals surface area contributed by atoms with E-state index >= 15 is 0 Å². The highest BCUT2D eigenvalue weighted by molar-refractivity contribution is 8.00. The fourth-order valence-corrected chi connectivity index (χ4v) is 6.91. The highest BCUT2D eigenvalue weighted by Crippen LogP contribution is 2.46. The van der Waals surface area contributed by atoms with Crippen molar-refractivity contribution in [1.29, 1.82) is 0 Å². The predicted octanol–water partition coefficient (Wildman–Crippen LogP) is 6.25. The molecular formula is C30H23ClF3N5O5S. The van der Waals surface area contributed by atoms with Crippen LogP contribution in [-0.2, 0) is 18.9 Å². The van der Waals surface area contributed by atoms with Gasteiger partial charge in [-0.3, -0.25) is 0 Å². The van der Waals surface area contributed by atoms with E-state index in [0.29, 0.717) is 21.5 Å². The van der Waals surface area contributed by atoms with Gasteiger partial charge in [0.2, 0.25) is 5.89 Å². The minimum Gasteiger partial charge on any atom is -0.443 e. The first-order valence-electron chi connectivity index (χ1n) is 13.7. The van der Waals surface area contributed by atoms with Crippen molar-refractivity contribution in [2.45, 2.75) is 41.0 Å². The smallest absolute Gasteiger partial charge is 0.246 e. The van der Waals surface area contributed by atoms with E-state index in [1.54, 1.807) is 6.07 Å². The molecule has 2 saturated heterocycles. The van der Waals surface area contributed by atoms with E-state index in [9.17, 15) is 13.2 Å². The molecule has 6 unspecified atom stereocenters. The Bertz CT molecular complexity index is 1780. The number of hydrogen-bond donors (Lipinski definition) is 0. The van der Waals surface area contributed by atoms with Crippen LogP contribution in [-0.4, -0.2) is 62.4 Å². The zero-order chi connectivity index (χ0) is 31.1. The van der Waals surface area contributed by atoms with Gasteiger partial charge in [0.1, 0.15) is 47.4 Å². The molecule has 0 amide bonds. The lowest BCUT2D eigenvalue weighted by molar-refractivity contribution is -0.308. The molecule has 232 valence electrons. The van der Waals surface area contributed by atoms with E-state index in [1.165, 1.54) is 48.4 Å². The molecule has 2 aromatic carbocycles. The van der Waals surface area contributed by atoms with Crippen molar-refractivity contribution in [3.05, 3.63) is 101 Å². The summed E-state index contributed by atoms with van der Waals surface area (Å²) >= 11 is 7.62. The van der Waals surface area contributed by atoms with Gasteiger partial charge in [-0.25, -0.2) is 27.8 Å². The Balaban J connectivity index is 1.27. The minimum absolute atomic E-state index is 0.0109. The molecule has 0 bridgehead atoms. The van der Waals surface area contributed by atoms with E-state index < -0.39 is 53.5 Å². The topological polar surface area (TPSA) is 107 Å². The first kappa shape index (κ1) is 29.9. The predicted molar refractivity (Wildman–Crippen MR) is 154 cm³/mol. The summed E-state index contributed by atoms with van der Waals surface area (Å²) in [6, 6.07) is 12.2. The number of methoxy groups -OCH3 is 1. The van der Waals surface area contributed by atoms with Gasteiger partial charge < -0.3 is 23.4 Å². The average molecular weight is 658 g/mol. The maximum Gasteiger partial charge on any atom is 0.246 e. The van der Waals surface area contributed by atoms with Crippen LogP contribution < -0.4 is 0 Å². The van der Waals surface area contributed by atoms with Gasteiger partial charge in [0.15, 0.2) is 23.7 Å². The van der Waals surface area contributed by atoms with Gasteiger partial charge >= 0.3 is 0 Å². The van der Waals surface area contributed by atoms with E-state index in [2.05, 4.69) is 20.3 Å².